The third-order valence-electron chi connectivity index (χ3n) is 5.14. The van der Waals surface area contributed by atoms with Gasteiger partial charge in [0.15, 0.2) is 11.6 Å². The number of aliphatic hydroxyl groups is 1. The second-order valence-corrected chi connectivity index (χ2v) is 7.28. The molecule has 29 heavy (non-hydrogen) atoms. The smallest absolute Gasteiger partial charge is 0.227 e. The van der Waals surface area contributed by atoms with E-state index in [9.17, 15) is 23.5 Å². The Hall–Kier alpha value is -2.80. The van der Waals surface area contributed by atoms with Gasteiger partial charge in [-0.25, -0.2) is 8.78 Å². The Morgan fingerprint density at radius 2 is 1.90 bits per heavy atom. The third-order valence-corrected chi connectivity index (χ3v) is 5.14. The summed E-state index contributed by atoms with van der Waals surface area (Å²) in [7, 11) is 0. The Balaban J connectivity index is 1.51. The lowest BCUT2D eigenvalue weighted by atomic mass is 9.96. The minimum Gasteiger partial charge on any atom is -0.387 e. The SMILES string of the molecule is O=C(NCC(O)c1ccc(F)c(F)c1)C1CCCN(C(=O)Cc2ccccc2)C1. The number of benzene rings is 2. The van der Waals surface area contributed by atoms with Crippen LogP contribution in [0.2, 0.25) is 0 Å². The number of nitrogens with one attached hydrogen (secondary N) is 1. The van der Waals surface area contributed by atoms with Crippen molar-refractivity contribution < 1.29 is 23.5 Å². The van der Waals surface area contributed by atoms with Crippen molar-refractivity contribution >= 4 is 11.8 Å². The topological polar surface area (TPSA) is 69.6 Å². The van der Waals surface area contributed by atoms with E-state index in [1.807, 2.05) is 30.3 Å². The van der Waals surface area contributed by atoms with Gasteiger partial charge in [0.2, 0.25) is 11.8 Å². The quantitative estimate of drug-likeness (QED) is 0.780. The molecule has 0 aromatic heterocycles. The Labute approximate surface area is 168 Å². The summed E-state index contributed by atoms with van der Waals surface area (Å²) >= 11 is 0. The van der Waals surface area contributed by atoms with Crippen molar-refractivity contribution in [3.05, 3.63) is 71.3 Å². The minimum absolute atomic E-state index is 0.0180. The molecule has 2 aromatic rings. The number of hydrogen-bond acceptors (Lipinski definition) is 3. The van der Waals surface area contributed by atoms with Crippen molar-refractivity contribution in [1.29, 1.82) is 0 Å². The number of piperidine rings is 1. The summed E-state index contributed by atoms with van der Waals surface area (Å²) in [6, 6.07) is 12.6. The largest absolute Gasteiger partial charge is 0.387 e. The molecule has 1 aliphatic rings. The number of carbonyl (C=O) groups is 2. The van der Waals surface area contributed by atoms with Crippen LogP contribution in [0.4, 0.5) is 8.78 Å². The van der Waals surface area contributed by atoms with Crippen LogP contribution >= 0.6 is 0 Å². The number of amides is 2. The predicted molar refractivity (Wildman–Crippen MR) is 104 cm³/mol. The zero-order valence-electron chi connectivity index (χ0n) is 16.0. The summed E-state index contributed by atoms with van der Waals surface area (Å²) in [5.41, 5.74) is 1.12. The van der Waals surface area contributed by atoms with E-state index in [-0.39, 0.29) is 29.8 Å². The summed E-state index contributed by atoms with van der Waals surface area (Å²) in [5.74, 6) is -2.68. The lowest BCUT2D eigenvalue weighted by molar-refractivity contribution is -0.135. The molecule has 154 valence electrons. The number of nitrogens with zero attached hydrogens (tertiary/aromatic N) is 1. The van der Waals surface area contributed by atoms with E-state index in [0.29, 0.717) is 25.9 Å². The van der Waals surface area contributed by atoms with Gasteiger partial charge in [0.1, 0.15) is 0 Å². The van der Waals surface area contributed by atoms with E-state index in [1.54, 1.807) is 4.90 Å². The van der Waals surface area contributed by atoms with Gasteiger partial charge in [-0.2, -0.15) is 0 Å². The zero-order chi connectivity index (χ0) is 20.8. The molecule has 1 fully saturated rings. The van der Waals surface area contributed by atoms with Crippen LogP contribution in [0.3, 0.4) is 0 Å². The van der Waals surface area contributed by atoms with E-state index in [0.717, 1.165) is 24.1 Å². The fraction of sp³-hybridized carbons (Fsp3) is 0.364. The molecule has 0 saturated carbocycles. The molecule has 5 nitrogen and oxygen atoms in total. The predicted octanol–water partition coefficient (Wildman–Crippen LogP) is 2.60. The molecule has 2 atom stereocenters. The summed E-state index contributed by atoms with van der Waals surface area (Å²) in [4.78, 5) is 26.7. The zero-order valence-corrected chi connectivity index (χ0v) is 16.0. The standard InChI is InChI=1S/C22H24F2N2O3/c23-18-9-8-16(12-19(18)24)20(27)13-25-22(29)17-7-4-10-26(14-17)21(28)11-15-5-2-1-3-6-15/h1-3,5-6,8-9,12,17,20,27H,4,7,10-11,13-14H2,(H,25,29). The Morgan fingerprint density at radius 3 is 2.62 bits per heavy atom. The Morgan fingerprint density at radius 1 is 1.14 bits per heavy atom. The van der Waals surface area contributed by atoms with Crippen molar-refractivity contribution in [3.8, 4) is 0 Å². The molecule has 2 aromatic carbocycles. The van der Waals surface area contributed by atoms with Crippen LogP contribution in [0.5, 0.6) is 0 Å². The summed E-state index contributed by atoms with van der Waals surface area (Å²) in [6.07, 6.45) is 0.532. The number of aliphatic hydroxyl groups excluding tert-OH is 1. The maximum absolute atomic E-state index is 13.3. The monoisotopic (exact) mass is 402 g/mol. The van der Waals surface area contributed by atoms with Crippen LogP contribution in [0.25, 0.3) is 0 Å². The van der Waals surface area contributed by atoms with Crippen molar-refractivity contribution in [2.24, 2.45) is 5.92 Å². The van der Waals surface area contributed by atoms with Gasteiger partial charge in [0, 0.05) is 19.6 Å². The van der Waals surface area contributed by atoms with E-state index < -0.39 is 17.7 Å². The fourth-order valence-corrected chi connectivity index (χ4v) is 3.48. The van der Waals surface area contributed by atoms with Gasteiger partial charge in [-0.15, -0.1) is 0 Å². The normalized spacial score (nSPS) is 17.6. The highest BCUT2D eigenvalue weighted by Crippen LogP contribution is 2.19. The van der Waals surface area contributed by atoms with Crippen molar-refractivity contribution in [2.45, 2.75) is 25.4 Å². The van der Waals surface area contributed by atoms with E-state index >= 15 is 0 Å². The highest BCUT2D eigenvalue weighted by atomic mass is 19.2. The van der Waals surface area contributed by atoms with Gasteiger partial charge >= 0.3 is 0 Å². The molecule has 2 unspecified atom stereocenters. The van der Waals surface area contributed by atoms with Gasteiger partial charge in [0.05, 0.1) is 18.4 Å². The summed E-state index contributed by atoms with van der Waals surface area (Å²) in [6.45, 7) is 0.837. The average molecular weight is 402 g/mol. The average Bonchev–Trinajstić information content (AvgIpc) is 2.74. The lowest BCUT2D eigenvalue weighted by Crippen LogP contribution is -2.46. The van der Waals surface area contributed by atoms with Crippen LogP contribution in [0.1, 0.15) is 30.1 Å². The Kier molecular flexibility index (Phi) is 6.93. The molecule has 2 amide bonds. The van der Waals surface area contributed by atoms with Crippen LogP contribution < -0.4 is 5.32 Å². The van der Waals surface area contributed by atoms with Gasteiger partial charge in [-0.05, 0) is 36.1 Å². The molecular weight excluding hydrogens is 378 g/mol. The first-order valence-corrected chi connectivity index (χ1v) is 9.66. The second kappa shape index (κ2) is 9.60. The molecule has 3 rings (SSSR count). The molecule has 0 radical (unpaired) electrons. The van der Waals surface area contributed by atoms with Crippen LogP contribution in [-0.2, 0) is 16.0 Å². The molecule has 7 heteroatoms. The number of carbonyl (C=O) groups excluding carboxylic acids is 2. The van der Waals surface area contributed by atoms with Crippen LogP contribution in [0, 0.1) is 17.6 Å². The molecule has 2 N–H and O–H groups in total. The number of rotatable bonds is 6. The van der Waals surface area contributed by atoms with Gasteiger partial charge in [0.25, 0.3) is 0 Å². The fourth-order valence-electron chi connectivity index (χ4n) is 3.48. The van der Waals surface area contributed by atoms with E-state index in [1.165, 1.54) is 6.07 Å². The molecule has 0 spiro atoms. The number of hydrogen-bond donors (Lipinski definition) is 2. The minimum atomic E-state index is -1.14. The first-order valence-electron chi connectivity index (χ1n) is 9.66. The second-order valence-electron chi connectivity index (χ2n) is 7.28. The first kappa shape index (κ1) is 20.9. The van der Waals surface area contributed by atoms with Crippen LogP contribution in [-0.4, -0.2) is 41.5 Å². The summed E-state index contributed by atoms with van der Waals surface area (Å²) < 4.78 is 26.3. The van der Waals surface area contributed by atoms with Gasteiger partial charge in [-0.1, -0.05) is 36.4 Å². The highest BCUT2D eigenvalue weighted by Gasteiger charge is 2.28. The molecule has 0 bridgehead atoms. The third kappa shape index (κ3) is 5.60. The maximum atomic E-state index is 13.3. The van der Waals surface area contributed by atoms with Crippen molar-refractivity contribution in [2.75, 3.05) is 19.6 Å². The molecule has 1 saturated heterocycles. The molecule has 1 heterocycles. The van der Waals surface area contributed by atoms with Gasteiger partial charge < -0.3 is 15.3 Å². The van der Waals surface area contributed by atoms with Crippen molar-refractivity contribution in [1.82, 2.24) is 10.2 Å². The Bertz CT molecular complexity index is 860. The number of halogens is 2. The molecule has 0 aliphatic carbocycles. The first-order chi connectivity index (χ1) is 13.9. The van der Waals surface area contributed by atoms with Crippen molar-refractivity contribution in [3.63, 3.8) is 0 Å². The maximum Gasteiger partial charge on any atom is 0.227 e. The van der Waals surface area contributed by atoms with Crippen LogP contribution in [0.15, 0.2) is 48.5 Å². The van der Waals surface area contributed by atoms with Gasteiger partial charge in [-0.3, -0.25) is 9.59 Å². The lowest BCUT2D eigenvalue weighted by Gasteiger charge is -2.32. The summed E-state index contributed by atoms with van der Waals surface area (Å²) in [5, 5.41) is 12.8. The molecular formula is C22H24F2N2O3. The van der Waals surface area contributed by atoms with E-state index in [4.69, 9.17) is 0 Å². The van der Waals surface area contributed by atoms with E-state index in [2.05, 4.69) is 5.32 Å². The number of likely N-dealkylation sites (tertiary alicyclic amines) is 1. The highest BCUT2D eigenvalue weighted by molar-refractivity contribution is 5.82. The molecule has 1 aliphatic heterocycles.